The fourth-order valence-electron chi connectivity index (χ4n) is 10.2. The molecule has 0 spiro atoms. The summed E-state index contributed by atoms with van der Waals surface area (Å²) >= 11 is 0. The van der Waals surface area contributed by atoms with E-state index in [2.05, 4.69) is 118 Å². The van der Waals surface area contributed by atoms with Crippen LogP contribution >= 0.6 is 0 Å². The first-order valence-corrected chi connectivity index (χ1v) is 35.7. The summed E-state index contributed by atoms with van der Waals surface area (Å²) in [5.41, 5.74) is 0. The van der Waals surface area contributed by atoms with Gasteiger partial charge in [-0.15, -0.1) is 0 Å². The van der Waals surface area contributed by atoms with Crippen molar-refractivity contribution in [2.45, 2.75) is 361 Å². The molecule has 0 aliphatic carbocycles. The zero-order chi connectivity index (χ0) is 59.9. The lowest BCUT2D eigenvalue weighted by Gasteiger charge is -2.18. The predicted octanol–water partition coefficient (Wildman–Crippen LogP) is 24.8. The third kappa shape index (κ3) is 69.0. The fraction of sp³-hybridized carbons (Fsp3) is 0.753. The van der Waals surface area contributed by atoms with Crippen LogP contribution in [0, 0.1) is 0 Å². The molecule has 0 aromatic rings. The van der Waals surface area contributed by atoms with Crippen LogP contribution in [0.15, 0.2) is 97.2 Å². The maximum absolute atomic E-state index is 13.0. The van der Waals surface area contributed by atoms with Gasteiger partial charge in [-0.1, -0.05) is 311 Å². The molecule has 0 N–H and O–H groups in total. The van der Waals surface area contributed by atoms with E-state index >= 15 is 0 Å². The Bertz CT molecular complexity index is 1610. The Labute approximate surface area is 515 Å². The van der Waals surface area contributed by atoms with Crippen molar-refractivity contribution in [3.05, 3.63) is 97.2 Å². The molecular formula is C77H134O6. The maximum Gasteiger partial charge on any atom is 0.306 e. The van der Waals surface area contributed by atoms with Crippen LogP contribution in [0.25, 0.3) is 0 Å². The highest BCUT2D eigenvalue weighted by Crippen LogP contribution is 2.17. The molecule has 0 aliphatic heterocycles. The van der Waals surface area contributed by atoms with E-state index in [0.717, 1.165) is 109 Å². The van der Waals surface area contributed by atoms with Gasteiger partial charge in [0.05, 0.1) is 0 Å². The van der Waals surface area contributed by atoms with Crippen molar-refractivity contribution in [3.8, 4) is 0 Å². The zero-order valence-corrected chi connectivity index (χ0v) is 54.9. The highest BCUT2D eigenvalue weighted by molar-refractivity contribution is 5.71. The van der Waals surface area contributed by atoms with Gasteiger partial charge in [-0.25, -0.2) is 0 Å². The predicted molar refractivity (Wildman–Crippen MR) is 362 cm³/mol. The van der Waals surface area contributed by atoms with Gasteiger partial charge < -0.3 is 14.2 Å². The van der Waals surface area contributed by atoms with Crippen molar-refractivity contribution in [1.29, 1.82) is 0 Å². The molecule has 0 fully saturated rings. The van der Waals surface area contributed by atoms with Gasteiger partial charge in [0.15, 0.2) is 6.10 Å². The number of rotatable bonds is 65. The molecule has 83 heavy (non-hydrogen) atoms. The van der Waals surface area contributed by atoms with E-state index in [9.17, 15) is 14.4 Å². The maximum atomic E-state index is 13.0. The Morgan fingerprint density at radius 1 is 0.253 bits per heavy atom. The molecule has 0 radical (unpaired) electrons. The number of carbonyl (C=O) groups is 3. The van der Waals surface area contributed by atoms with E-state index in [0.29, 0.717) is 19.3 Å². The molecule has 0 aliphatic rings. The van der Waals surface area contributed by atoms with Gasteiger partial charge in [-0.3, -0.25) is 14.4 Å². The van der Waals surface area contributed by atoms with Gasteiger partial charge in [-0.05, 0) is 122 Å². The van der Waals surface area contributed by atoms with Crippen LogP contribution < -0.4 is 0 Å². The van der Waals surface area contributed by atoms with Crippen LogP contribution in [0.4, 0.5) is 0 Å². The Balaban J connectivity index is 4.39. The fourth-order valence-corrected chi connectivity index (χ4v) is 10.2. The van der Waals surface area contributed by atoms with Gasteiger partial charge in [-0.2, -0.15) is 0 Å². The van der Waals surface area contributed by atoms with Crippen molar-refractivity contribution >= 4 is 17.9 Å². The number of hydrogen-bond donors (Lipinski definition) is 0. The quantitative estimate of drug-likeness (QED) is 0.0261. The van der Waals surface area contributed by atoms with Crippen LogP contribution in [-0.4, -0.2) is 37.2 Å². The SMILES string of the molecule is CC/C=C\C/C=C\C/C=C\C/C=C\C/C=C\C/C=C\CCCCCCC(=O)OC(COC(=O)CCCCCCCCC/C=C\CCCCCCCC)COC(=O)CCCCCCCCCCCCCCC/C=C\CCCCCCCCCC. The molecule has 478 valence electrons. The summed E-state index contributed by atoms with van der Waals surface area (Å²) in [6, 6.07) is 0. The lowest BCUT2D eigenvalue weighted by Crippen LogP contribution is -2.30. The minimum Gasteiger partial charge on any atom is -0.462 e. The van der Waals surface area contributed by atoms with Crippen LogP contribution in [0.5, 0.6) is 0 Å². The van der Waals surface area contributed by atoms with Gasteiger partial charge in [0.1, 0.15) is 13.2 Å². The molecular weight excluding hydrogens is 1020 g/mol. The third-order valence-electron chi connectivity index (χ3n) is 15.5. The largest absolute Gasteiger partial charge is 0.462 e. The van der Waals surface area contributed by atoms with Gasteiger partial charge in [0.2, 0.25) is 0 Å². The molecule has 6 heteroatoms. The van der Waals surface area contributed by atoms with Gasteiger partial charge in [0.25, 0.3) is 0 Å². The van der Waals surface area contributed by atoms with Crippen LogP contribution in [-0.2, 0) is 28.6 Å². The second-order valence-electron chi connectivity index (χ2n) is 23.8. The lowest BCUT2D eigenvalue weighted by molar-refractivity contribution is -0.167. The second-order valence-corrected chi connectivity index (χ2v) is 23.8. The Kier molecular flexibility index (Phi) is 67.7. The summed E-state index contributed by atoms with van der Waals surface area (Å²) in [6.45, 7) is 6.54. The minimum absolute atomic E-state index is 0.0878. The standard InChI is InChI=1S/C77H134O6/c1-4-7-10-13-16-19-22-25-28-31-33-35-37-38-40-41-43-46-49-52-55-58-61-64-67-70-76(79)82-73-74(72-81-75(78)69-66-63-60-57-54-51-48-45-30-27-24-21-18-15-12-9-6-3)83-77(80)71-68-65-62-59-56-53-50-47-44-42-39-36-34-32-29-26-23-20-17-14-11-8-5-2/h8,11,17,20,26-27,29-31,33-34,36,42,44,50,53,74H,4-7,9-10,12-16,18-19,21-25,28,32,35,37-41,43,45-49,51-52,54-73H2,1-3H3/b11-8-,20-17-,29-26-,30-27-,33-31-,36-34-,44-42-,53-50-. The van der Waals surface area contributed by atoms with Crippen molar-refractivity contribution in [3.63, 3.8) is 0 Å². The average molecular weight is 1160 g/mol. The smallest absolute Gasteiger partial charge is 0.306 e. The van der Waals surface area contributed by atoms with E-state index < -0.39 is 6.10 Å². The van der Waals surface area contributed by atoms with E-state index in [-0.39, 0.29) is 31.1 Å². The first kappa shape index (κ1) is 79.3. The number of ether oxygens (including phenoxy) is 3. The Morgan fingerprint density at radius 3 is 0.747 bits per heavy atom. The van der Waals surface area contributed by atoms with Crippen LogP contribution in [0.1, 0.15) is 355 Å². The number of allylic oxidation sites excluding steroid dienone is 16. The van der Waals surface area contributed by atoms with E-state index in [1.54, 1.807) is 0 Å². The summed E-state index contributed by atoms with van der Waals surface area (Å²) in [7, 11) is 0. The van der Waals surface area contributed by atoms with E-state index in [1.807, 2.05) is 0 Å². The van der Waals surface area contributed by atoms with Gasteiger partial charge >= 0.3 is 17.9 Å². The molecule has 0 heterocycles. The molecule has 1 unspecified atom stereocenters. The molecule has 0 bridgehead atoms. The molecule has 0 aromatic heterocycles. The van der Waals surface area contributed by atoms with E-state index in [1.165, 1.54) is 205 Å². The van der Waals surface area contributed by atoms with E-state index in [4.69, 9.17) is 14.2 Å². The van der Waals surface area contributed by atoms with Gasteiger partial charge in [0, 0.05) is 19.3 Å². The highest BCUT2D eigenvalue weighted by atomic mass is 16.6. The molecule has 0 saturated carbocycles. The molecule has 0 aromatic carbocycles. The monoisotopic (exact) mass is 1160 g/mol. The number of hydrogen-bond acceptors (Lipinski definition) is 6. The Hall–Kier alpha value is -3.67. The zero-order valence-electron chi connectivity index (χ0n) is 54.9. The van der Waals surface area contributed by atoms with Crippen LogP contribution in [0.3, 0.4) is 0 Å². The van der Waals surface area contributed by atoms with Crippen molar-refractivity contribution < 1.29 is 28.6 Å². The van der Waals surface area contributed by atoms with Crippen molar-refractivity contribution in [1.82, 2.24) is 0 Å². The number of esters is 3. The topological polar surface area (TPSA) is 78.9 Å². The summed E-state index contributed by atoms with van der Waals surface area (Å²) in [6.07, 6.45) is 95.7. The Morgan fingerprint density at radius 2 is 0.470 bits per heavy atom. The lowest BCUT2D eigenvalue weighted by atomic mass is 10.0. The summed E-state index contributed by atoms with van der Waals surface area (Å²) in [5, 5.41) is 0. The second kappa shape index (κ2) is 70.8. The summed E-state index contributed by atoms with van der Waals surface area (Å²) in [4.78, 5) is 38.5. The summed E-state index contributed by atoms with van der Waals surface area (Å²) < 4.78 is 17.0. The summed E-state index contributed by atoms with van der Waals surface area (Å²) in [5.74, 6) is -0.901. The molecule has 0 rings (SSSR count). The number of unbranched alkanes of at least 4 members (excludes halogenated alkanes) is 38. The van der Waals surface area contributed by atoms with Crippen molar-refractivity contribution in [2.75, 3.05) is 13.2 Å². The first-order valence-electron chi connectivity index (χ1n) is 35.7. The normalized spacial score (nSPS) is 12.7. The van der Waals surface area contributed by atoms with Crippen LogP contribution in [0.2, 0.25) is 0 Å². The molecule has 0 saturated heterocycles. The molecule has 0 amide bonds. The molecule has 1 atom stereocenters. The minimum atomic E-state index is -0.796. The van der Waals surface area contributed by atoms with Crippen molar-refractivity contribution in [2.24, 2.45) is 0 Å². The average Bonchev–Trinajstić information content (AvgIpc) is 3.49. The third-order valence-corrected chi connectivity index (χ3v) is 15.5. The highest BCUT2D eigenvalue weighted by Gasteiger charge is 2.19. The molecule has 6 nitrogen and oxygen atoms in total. The number of carbonyl (C=O) groups excluding carboxylic acids is 3. The first-order chi connectivity index (χ1) is 41.0.